The van der Waals surface area contributed by atoms with Gasteiger partial charge in [0.05, 0.1) is 23.3 Å². The van der Waals surface area contributed by atoms with Gasteiger partial charge < -0.3 is 107 Å². The van der Waals surface area contributed by atoms with Gasteiger partial charge in [-0.15, -0.1) is 0 Å². The number of ether oxygens (including phenoxy) is 1. The van der Waals surface area contributed by atoms with Crippen LogP contribution in [0.5, 0.6) is 11.5 Å². The summed E-state index contributed by atoms with van der Waals surface area (Å²) in [5.41, 5.74) is 29.8. The number of nitrogens with zero attached hydrogens (tertiary/aromatic N) is 2. The number of phenols is 2. The molecule has 38 heteroatoms. The maximum absolute atomic E-state index is 14.7. The van der Waals surface area contributed by atoms with Crippen LogP contribution in [0.15, 0.2) is 124 Å². The Morgan fingerprint density at radius 3 is 1.24 bits per heavy atom. The number of carboxylic acids is 1. The summed E-state index contributed by atoms with van der Waals surface area (Å²) in [7, 11) is -3.95. The maximum atomic E-state index is 14.7. The molecule has 0 aliphatic heterocycles. The highest BCUT2D eigenvalue weighted by atomic mass is 32.2. The van der Waals surface area contributed by atoms with Gasteiger partial charge in [-0.3, -0.25) is 62.7 Å². The molecule has 0 aliphatic carbocycles. The summed E-state index contributed by atoms with van der Waals surface area (Å²) in [5.74, 6) is -14.6. The third-order valence-electron chi connectivity index (χ3n) is 16.8. The zero-order valence-corrected chi connectivity index (χ0v) is 64.2. The molecule has 0 radical (unpaired) electrons. The lowest BCUT2D eigenvalue weighted by Crippen LogP contribution is -2.61. The van der Waals surface area contributed by atoms with Crippen LogP contribution < -0.4 is 81.8 Å². The van der Waals surface area contributed by atoms with Crippen LogP contribution in [0.1, 0.15) is 103 Å². The maximum Gasteiger partial charge on any atom is 0.326 e. The number of guanidine groups is 2. The second kappa shape index (κ2) is 47.1. The molecule has 608 valence electrons. The van der Waals surface area contributed by atoms with Gasteiger partial charge in [-0.2, -0.15) is 12.6 Å². The molecule has 0 aromatic heterocycles. The first-order valence-electron chi connectivity index (χ1n) is 35.9. The van der Waals surface area contributed by atoms with Gasteiger partial charge in [0.25, 0.3) is 0 Å². The molecule has 111 heavy (non-hydrogen) atoms. The fourth-order valence-electron chi connectivity index (χ4n) is 10.9. The van der Waals surface area contributed by atoms with Gasteiger partial charge in [0.1, 0.15) is 78.5 Å². The van der Waals surface area contributed by atoms with Gasteiger partial charge in [-0.1, -0.05) is 100 Å². The number of phenolic OH excluding ortho intramolecular Hbond substituents is 2. The number of nitrogens with one attached hydrogen (secondary N) is 10. The van der Waals surface area contributed by atoms with Crippen molar-refractivity contribution < 1.29 is 91.1 Å². The molecule has 4 aromatic rings. The number of amides is 10. The second-order valence-electron chi connectivity index (χ2n) is 27.1. The number of hydrogen-bond donors (Lipinski definition) is 20. The third kappa shape index (κ3) is 34.1. The smallest absolute Gasteiger partial charge is 0.326 e. The molecule has 0 saturated heterocycles. The van der Waals surface area contributed by atoms with E-state index in [1.54, 1.807) is 50.2 Å². The van der Waals surface area contributed by atoms with Crippen LogP contribution >= 0.6 is 12.6 Å². The van der Waals surface area contributed by atoms with Crippen LogP contribution in [0, 0.1) is 11.8 Å². The molecule has 11 atom stereocenters. The van der Waals surface area contributed by atoms with E-state index < -0.39 is 185 Å². The zero-order chi connectivity index (χ0) is 82.5. The lowest BCUT2D eigenvalue weighted by molar-refractivity contribution is -0.144. The van der Waals surface area contributed by atoms with E-state index in [4.69, 9.17) is 33.4 Å². The molecule has 0 unspecified atom stereocenters. The number of carboxylic acid groups (broad SMARTS) is 1. The van der Waals surface area contributed by atoms with Gasteiger partial charge in [-0.05, 0) is 117 Å². The van der Waals surface area contributed by atoms with Crippen molar-refractivity contribution in [1.82, 2.24) is 53.2 Å². The van der Waals surface area contributed by atoms with Gasteiger partial charge in [-0.25, -0.2) is 13.2 Å². The molecule has 0 fully saturated rings. The Labute approximate surface area is 648 Å². The number of benzene rings is 4. The molecule has 0 bridgehead atoms. The Morgan fingerprint density at radius 2 is 0.811 bits per heavy atom. The van der Waals surface area contributed by atoms with Crippen LogP contribution in [0.25, 0.3) is 0 Å². The van der Waals surface area contributed by atoms with Crippen molar-refractivity contribution in [3.8, 4) is 11.5 Å². The molecule has 4 aromatic carbocycles. The number of aromatic hydroxyl groups is 2. The summed E-state index contributed by atoms with van der Waals surface area (Å²) in [6.07, 6.45) is -1.94. The van der Waals surface area contributed by atoms with Gasteiger partial charge in [0.2, 0.25) is 59.1 Å². The number of aliphatic imine (C=N–C) groups is 2. The topological polar surface area (TPSA) is 604 Å². The molecule has 0 aliphatic rings. The Bertz CT molecular complexity index is 3930. The molecule has 24 N–H and O–H groups in total. The SMILES string of the molecule is CC(C)C[C@H](NC(=O)[C@H](Cc1ccccc1)NC(=O)[C@H](CCCN=C(N)N)NC(=O)[C@H](Cc1ccc(O)cc1)NC(=O)[C@H](CO)NC(=O)[C@H](CS)NC(=O)[C@H](CCC(=O)OCCS(=O)(=O)c1ccccc1)NC(=O)[C@H](C)NC(=O)[C@H](CCCN=C(N)N)NC(=O)[C@H](Cc1ccc(O)cc1)NC(=O)[C@@H](N)CC(C)C)C(=O)O. The fourth-order valence-corrected chi connectivity index (χ4v) is 12.3. The quantitative estimate of drug-likeness (QED) is 0.00705. The minimum Gasteiger partial charge on any atom is -0.508 e. The number of carbonyl (C=O) groups excluding carboxylic acids is 11. The number of aliphatic carboxylic acids is 1. The fraction of sp³-hybridized carbons (Fsp3) is 0.479. The average Bonchev–Trinajstić information content (AvgIpc) is 0.859. The molecule has 4 rings (SSSR count). The van der Waals surface area contributed by atoms with E-state index in [-0.39, 0.29) is 111 Å². The zero-order valence-electron chi connectivity index (χ0n) is 62.5. The number of nitrogens with two attached hydrogens (primary N) is 5. The van der Waals surface area contributed by atoms with Crippen LogP contribution in [0.3, 0.4) is 0 Å². The van der Waals surface area contributed by atoms with E-state index in [0.717, 1.165) is 0 Å². The summed E-state index contributed by atoms with van der Waals surface area (Å²) in [6, 6.07) is 9.91. The van der Waals surface area contributed by atoms with Crippen LogP contribution in [0.4, 0.5) is 0 Å². The Kier molecular flexibility index (Phi) is 39.1. The molecule has 0 heterocycles. The van der Waals surface area contributed by atoms with Crippen molar-refractivity contribution >= 4 is 105 Å². The largest absolute Gasteiger partial charge is 0.508 e. The molecule has 0 spiro atoms. The van der Waals surface area contributed by atoms with E-state index in [2.05, 4.69) is 75.8 Å². The number of esters is 1. The van der Waals surface area contributed by atoms with E-state index in [1.807, 2.05) is 13.8 Å². The number of carbonyl (C=O) groups is 12. The average molecular weight is 1590 g/mol. The molecular weight excluding hydrogens is 1480 g/mol. The third-order valence-corrected chi connectivity index (χ3v) is 18.9. The van der Waals surface area contributed by atoms with Crippen LogP contribution in [0.2, 0.25) is 0 Å². The highest BCUT2D eigenvalue weighted by Gasteiger charge is 2.37. The predicted molar refractivity (Wildman–Crippen MR) is 413 cm³/mol. The first-order valence-corrected chi connectivity index (χ1v) is 38.2. The van der Waals surface area contributed by atoms with E-state index in [0.29, 0.717) is 16.7 Å². The van der Waals surface area contributed by atoms with Crippen LogP contribution in [-0.4, -0.2) is 216 Å². The Balaban J connectivity index is 1.64. The Hall–Kier alpha value is -11.1. The number of aliphatic hydroxyl groups excluding tert-OH is 1. The first kappa shape index (κ1) is 92.3. The van der Waals surface area contributed by atoms with Gasteiger partial charge >= 0.3 is 11.9 Å². The van der Waals surface area contributed by atoms with E-state index in [9.17, 15) is 86.4 Å². The summed E-state index contributed by atoms with van der Waals surface area (Å²) >= 11 is 4.25. The summed E-state index contributed by atoms with van der Waals surface area (Å²) in [4.78, 5) is 176. The molecule has 10 amide bonds. The van der Waals surface area contributed by atoms with Gasteiger partial charge in [0.15, 0.2) is 21.8 Å². The van der Waals surface area contributed by atoms with Crippen molar-refractivity contribution in [2.45, 2.75) is 177 Å². The molecule has 0 saturated carbocycles. The van der Waals surface area contributed by atoms with Crippen molar-refractivity contribution in [2.75, 3.05) is 37.8 Å². The van der Waals surface area contributed by atoms with Crippen molar-refractivity contribution in [3.63, 3.8) is 0 Å². The molecule has 36 nitrogen and oxygen atoms in total. The number of thiol groups is 1. The van der Waals surface area contributed by atoms with Crippen molar-refractivity contribution in [1.29, 1.82) is 0 Å². The highest BCUT2D eigenvalue weighted by Crippen LogP contribution is 2.17. The lowest BCUT2D eigenvalue weighted by atomic mass is 10.0. The van der Waals surface area contributed by atoms with Crippen LogP contribution in [-0.2, 0) is 91.4 Å². The number of hydrogen-bond acceptors (Lipinski definition) is 22. The normalized spacial score (nSPS) is 14.2. The minimum atomic E-state index is -3.95. The highest BCUT2D eigenvalue weighted by molar-refractivity contribution is 7.91. The minimum absolute atomic E-state index is 0.00894. The van der Waals surface area contributed by atoms with E-state index in [1.165, 1.54) is 79.7 Å². The standard InChI is InChI=1S/C73H105N17O19S2/c1-41(2)34-50(74)62(96)85-54(37-45-20-24-47(92)25-21-45)66(100)83-51(18-12-30-79-72(75)76)63(97)81-43(5)61(95)82-53(28-29-60(94)109-32-33-111(107,108)49-16-10-7-11-17-49)65(99)90-59(40-110)70(104)89-58(39-91)69(103)87-56(38-46-22-26-48(93)27-23-46)67(101)84-52(19-13-31-80-73(77)78)64(98)86-55(36-44-14-8-6-9-15-44)68(102)88-57(71(105)106)35-42(3)4/h6-11,14-17,20-27,41-43,50-59,91-93,110H,12-13,18-19,28-40,74H2,1-5H3,(H,81,97)(H,82,95)(H,83,100)(H,84,101)(H,85,96)(H,86,98)(H,87,103)(H,88,102)(H,89,104)(H,90,99)(H,105,106)(H4,75,76,79)(H4,77,78,80)/t43-,50-,51-,52-,53-,54-,55-,56-,57-,58-,59-/m0/s1. The lowest BCUT2D eigenvalue weighted by Gasteiger charge is -2.28. The van der Waals surface area contributed by atoms with E-state index >= 15 is 0 Å². The molecular formula is C73H105N17O19S2. The second-order valence-corrected chi connectivity index (χ2v) is 29.5. The Morgan fingerprint density at radius 1 is 0.450 bits per heavy atom. The first-order chi connectivity index (χ1) is 52.5. The monoisotopic (exact) mass is 1590 g/mol. The summed E-state index contributed by atoms with van der Waals surface area (Å²) in [5, 5.41) is 65.8. The van der Waals surface area contributed by atoms with Gasteiger partial charge in [0, 0.05) is 44.5 Å². The number of rotatable bonds is 48. The summed E-state index contributed by atoms with van der Waals surface area (Å²) in [6.45, 7) is 6.50. The summed E-state index contributed by atoms with van der Waals surface area (Å²) < 4.78 is 31.2. The number of aliphatic hydroxyl groups is 1. The van der Waals surface area contributed by atoms with Crippen molar-refractivity contribution in [3.05, 3.63) is 126 Å². The van der Waals surface area contributed by atoms with Crippen molar-refractivity contribution in [2.24, 2.45) is 50.5 Å². The predicted octanol–water partition coefficient (Wildman–Crippen LogP) is -2.68. The number of sulfone groups is 1.